The van der Waals surface area contributed by atoms with Crippen LogP contribution in [0.15, 0.2) is 59.9 Å². The highest BCUT2D eigenvalue weighted by molar-refractivity contribution is 7.89. The SMILES string of the molecule is CC(C)N(C)Cc1ccc2c(c1)OCCC2n1cc(CC2C(=O)NC=CN2S(=O)(=O)c2cc(Cl)ccc2Cl)nn1. The molecule has 0 saturated carbocycles. The van der Waals surface area contributed by atoms with Gasteiger partial charge >= 0.3 is 0 Å². The van der Waals surface area contributed by atoms with E-state index >= 15 is 0 Å². The number of rotatable bonds is 8. The first-order valence-electron chi connectivity index (χ1n) is 12.9. The Labute approximate surface area is 243 Å². The molecule has 0 aliphatic carbocycles. The molecule has 0 bridgehead atoms. The van der Waals surface area contributed by atoms with Crippen molar-refractivity contribution in [1.82, 2.24) is 29.5 Å². The van der Waals surface area contributed by atoms with Crippen LogP contribution >= 0.6 is 23.2 Å². The first-order valence-corrected chi connectivity index (χ1v) is 15.1. The molecule has 1 amide bonds. The molecule has 13 heteroatoms. The molecule has 10 nitrogen and oxygen atoms in total. The number of carbonyl (C=O) groups excluding carboxylic acids is 1. The van der Waals surface area contributed by atoms with Crippen LogP contribution in [0.25, 0.3) is 0 Å². The Balaban J connectivity index is 1.38. The van der Waals surface area contributed by atoms with Crippen LogP contribution in [0.3, 0.4) is 0 Å². The van der Waals surface area contributed by atoms with E-state index in [1.807, 2.05) is 0 Å². The number of nitrogens with one attached hydrogen (secondary N) is 1. The molecule has 40 heavy (non-hydrogen) atoms. The van der Waals surface area contributed by atoms with E-state index < -0.39 is 22.0 Å². The Hall–Kier alpha value is -3.12. The fourth-order valence-electron chi connectivity index (χ4n) is 4.74. The Morgan fingerprint density at radius 3 is 2.77 bits per heavy atom. The topological polar surface area (TPSA) is 110 Å². The number of ether oxygens (including phenoxy) is 1. The van der Waals surface area contributed by atoms with Crippen molar-refractivity contribution in [3.63, 3.8) is 0 Å². The molecule has 2 aromatic carbocycles. The molecule has 3 heterocycles. The number of nitrogens with zero attached hydrogens (tertiary/aromatic N) is 5. The van der Waals surface area contributed by atoms with Crippen molar-refractivity contribution in [2.45, 2.75) is 56.3 Å². The fraction of sp³-hybridized carbons (Fsp3) is 0.370. The summed E-state index contributed by atoms with van der Waals surface area (Å²) in [5, 5.41) is 11.4. The smallest absolute Gasteiger partial charge is 0.266 e. The summed E-state index contributed by atoms with van der Waals surface area (Å²) in [5.74, 6) is 0.324. The van der Waals surface area contributed by atoms with Gasteiger partial charge in [-0.2, -0.15) is 0 Å². The summed E-state index contributed by atoms with van der Waals surface area (Å²) in [7, 11) is -2.11. The number of sulfonamides is 1. The third-order valence-electron chi connectivity index (χ3n) is 7.18. The minimum absolute atomic E-state index is 0.00411. The Morgan fingerprint density at radius 2 is 2.00 bits per heavy atom. The second-order valence-corrected chi connectivity index (χ2v) is 12.8. The van der Waals surface area contributed by atoms with E-state index in [1.54, 1.807) is 10.9 Å². The summed E-state index contributed by atoms with van der Waals surface area (Å²) in [6.07, 6.45) is 5.03. The highest BCUT2D eigenvalue weighted by Crippen LogP contribution is 2.36. The van der Waals surface area contributed by atoms with Gasteiger partial charge in [-0.15, -0.1) is 5.10 Å². The summed E-state index contributed by atoms with van der Waals surface area (Å²) in [6.45, 7) is 5.64. The third kappa shape index (κ3) is 5.69. The number of halogens is 2. The average molecular weight is 606 g/mol. The summed E-state index contributed by atoms with van der Waals surface area (Å²) in [6, 6.07) is 9.62. The fourth-order valence-corrected chi connectivity index (χ4v) is 6.93. The van der Waals surface area contributed by atoms with Crippen LogP contribution in [0, 0.1) is 0 Å². The van der Waals surface area contributed by atoms with Crippen molar-refractivity contribution in [2.24, 2.45) is 0 Å². The normalized spacial score (nSPS) is 19.1. The predicted molar refractivity (Wildman–Crippen MR) is 152 cm³/mol. The second-order valence-electron chi connectivity index (χ2n) is 10.2. The minimum Gasteiger partial charge on any atom is -0.493 e. The zero-order valence-corrected chi connectivity index (χ0v) is 24.6. The predicted octanol–water partition coefficient (Wildman–Crippen LogP) is 4.00. The van der Waals surface area contributed by atoms with Crippen LogP contribution in [0.1, 0.15) is 43.1 Å². The van der Waals surface area contributed by atoms with Crippen molar-refractivity contribution in [1.29, 1.82) is 0 Å². The monoisotopic (exact) mass is 604 g/mol. The maximum atomic E-state index is 13.5. The Morgan fingerprint density at radius 1 is 1.20 bits per heavy atom. The van der Waals surface area contributed by atoms with Gasteiger partial charge in [0.05, 0.1) is 23.4 Å². The molecular formula is C27H30Cl2N6O4S. The third-order valence-corrected chi connectivity index (χ3v) is 9.69. The Kier molecular flexibility index (Phi) is 8.10. The lowest BCUT2D eigenvalue weighted by Gasteiger charge is -2.31. The number of aromatic nitrogens is 3. The van der Waals surface area contributed by atoms with Gasteiger partial charge in [-0.3, -0.25) is 14.0 Å². The van der Waals surface area contributed by atoms with Gasteiger partial charge < -0.3 is 10.1 Å². The van der Waals surface area contributed by atoms with Gasteiger partial charge in [-0.1, -0.05) is 40.5 Å². The molecule has 0 spiro atoms. The van der Waals surface area contributed by atoms with Crippen molar-refractivity contribution in [3.8, 4) is 5.75 Å². The molecule has 1 N–H and O–H groups in total. The zero-order valence-electron chi connectivity index (χ0n) is 22.3. The minimum atomic E-state index is -4.20. The first kappa shape index (κ1) is 28.4. The largest absolute Gasteiger partial charge is 0.493 e. The molecule has 5 rings (SSSR count). The number of hydrogen-bond donors (Lipinski definition) is 1. The van der Waals surface area contributed by atoms with E-state index in [4.69, 9.17) is 27.9 Å². The van der Waals surface area contributed by atoms with E-state index in [0.29, 0.717) is 24.8 Å². The maximum Gasteiger partial charge on any atom is 0.266 e. The highest BCUT2D eigenvalue weighted by Gasteiger charge is 2.37. The number of amides is 1. The van der Waals surface area contributed by atoms with Crippen molar-refractivity contribution < 1.29 is 17.9 Å². The van der Waals surface area contributed by atoms with Crippen LogP contribution in [-0.4, -0.2) is 64.3 Å². The van der Waals surface area contributed by atoms with Crippen LogP contribution in [0.2, 0.25) is 10.0 Å². The summed E-state index contributed by atoms with van der Waals surface area (Å²) in [4.78, 5) is 14.9. The first-order chi connectivity index (χ1) is 19.0. The molecular weight excluding hydrogens is 575 g/mol. The molecule has 0 fully saturated rings. The van der Waals surface area contributed by atoms with Crippen LogP contribution < -0.4 is 10.1 Å². The average Bonchev–Trinajstić information content (AvgIpc) is 3.39. The standard InChI is InChI=1S/C27H30Cl2N6O4S/c1-17(2)33(3)15-18-4-6-21-23(8-11-39-25(21)12-18)34-16-20(31-32-34)14-24-27(36)30-9-10-35(24)40(37,38)26-13-19(28)5-7-22(26)29/h4-7,9-10,12-13,16-17,23-24H,8,11,14-15H2,1-3H3,(H,30,36). The van der Waals surface area contributed by atoms with Gasteiger partial charge in [0.25, 0.3) is 10.0 Å². The van der Waals surface area contributed by atoms with Gasteiger partial charge in [-0.25, -0.2) is 13.1 Å². The van der Waals surface area contributed by atoms with E-state index in [9.17, 15) is 13.2 Å². The lowest BCUT2D eigenvalue weighted by atomic mass is 9.98. The highest BCUT2D eigenvalue weighted by atomic mass is 35.5. The number of hydrogen-bond acceptors (Lipinski definition) is 7. The van der Waals surface area contributed by atoms with Crippen LogP contribution in [-0.2, 0) is 27.8 Å². The van der Waals surface area contributed by atoms with Crippen LogP contribution in [0.4, 0.5) is 0 Å². The lowest BCUT2D eigenvalue weighted by Crippen LogP contribution is -2.50. The molecule has 212 valence electrons. The number of benzene rings is 2. The summed E-state index contributed by atoms with van der Waals surface area (Å²) >= 11 is 12.2. The van der Waals surface area contributed by atoms with Gasteiger partial charge in [0.15, 0.2) is 0 Å². The summed E-state index contributed by atoms with van der Waals surface area (Å²) in [5.41, 5.74) is 2.63. The molecule has 3 aromatic rings. The lowest BCUT2D eigenvalue weighted by molar-refractivity contribution is -0.124. The van der Waals surface area contributed by atoms with Crippen molar-refractivity contribution >= 4 is 39.1 Å². The van der Waals surface area contributed by atoms with Crippen LogP contribution in [0.5, 0.6) is 5.75 Å². The van der Waals surface area contributed by atoms with Crippen molar-refractivity contribution in [2.75, 3.05) is 13.7 Å². The van der Waals surface area contributed by atoms with Gasteiger partial charge in [0.1, 0.15) is 16.7 Å². The number of carbonyl (C=O) groups is 1. The van der Waals surface area contributed by atoms with Gasteiger partial charge in [-0.05, 0) is 50.7 Å². The van der Waals surface area contributed by atoms with E-state index in [1.165, 1.54) is 30.6 Å². The second kappa shape index (κ2) is 11.4. The van der Waals surface area contributed by atoms with Gasteiger partial charge in [0, 0.05) is 54.6 Å². The molecule has 2 aliphatic rings. The zero-order chi connectivity index (χ0) is 28.6. The van der Waals surface area contributed by atoms with E-state index in [2.05, 4.69) is 59.6 Å². The maximum absolute atomic E-state index is 13.5. The summed E-state index contributed by atoms with van der Waals surface area (Å²) < 4.78 is 35.8. The quantitative estimate of drug-likeness (QED) is 0.414. The van der Waals surface area contributed by atoms with Crippen molar-refractivity contribution in [3.05, 3.63) is 81.9 Å². The van der Waals surface area contributed by atoms with E-state index in [0.717, 1.165) is 27.7 Å². The molecule has 0 saturated heterocycles. The van der Waals surface area contributed by atoms with Gasteiger partial charge in [0.2, 0.25) is 5.91 Å². The molecule has 2 unspecified atom stereocenters. The molecule has 2 aliphatic heterocycles. The molecule has 1 aromatic heterocycles. The number of fused-ring (bicyclic) bond motifs is 1. The molecule has 2 atom stereocenters. The molecule has 0 radical (unpaired) electrons. The Bertz CT molecular complexity index is 1560. The van der Waals surface area contributed by atoms with E-state index in [-0.39, 0.29) is 27.4 Å².